The van der Waals surface area contributed by atoms with Crippen LogP contribution in [0.5, 0.6) is 11.5 Å². The second-order valence-corrected chi connectivity index (χ2v) is 3.24. The molecule has 6 nitrogen and oxygen atoms in total. The highest BCUT2D eigenvalue weighted by atomic mass is 16.5. The van der Waals surface area contributed by atoms with Gasteiger partial charge in [-0.1, -0.05) is 5.11 Å². The maximum atomic E-state index is 8.16. The summed E-state index contributed by atoms with van der Waals surface area (Å²) in [5.41, 5.74) is 8.79. The lowest BCUT2D eigenvalue weighted by Gasteiger charge is -2.09. The van der Waals surface area contributed by atoms with Gasteiger partial charge in [0, 0.05) is 10.3 Å². The monoisotopic (exact) mass is 233 g/mol. The van der Waals surface area contributed by atoms with Crippen LogP contribution in [0.1, 0.15) is 0 Å². The molecule has 0 saturated carbocycles. The maximum Gasteiger partial charge on any atom is 0.204 e. The number of hydrogen-bond acceptors (Lipinski definition) is 4. The number of benzene rings is 1. The van der Waals surface area contributed by atoms with E-state index in [0.717, 1.165) is 5.39 Å². The number of furan rings is 1. The highest BCUT2D eigenvalue weighted by molar-refractivity contribution is 5.85. The summed E-state index contributed by atoms with van der Waals surface area (Å²) in [5, 5.41) is 4.33. The third-order valence-corrected chi connectivity index (χ3v) is 2.26. The third-order valence-electron chi connectivity index (χ3n) is 2.26. The van der Waals surface area contributed by atoms with Gasteiger partial charge in [-0.25, -0.2) is 0 Å². The van der Waals surface area contributed by atoms with Gasteiger partial charge in [0.1, 0.15) is 0 Å². The number of azide groups is 1. The first-order chi connectivity index (χ1) is 8.36. The lowest BCUT2D eigenvalue weighted by Crippen LogP contribution is -2.02. The third kappa shape index (κ3) is 2.26. The molecular weight excluding hydrogens is 222 g/mol. The van der Waals surface area contributed by atoms with E-state index in [0.29, 0.717) is 17.1 Å². The van der Waals surface area contributed by atoms with E-state index < -0.39 is 0 Å². The van der Waals surface area contributed by atoms with Gasteiger partial charge < -0.3 is 13.9 Å². The van der Waals surface area contributed by atoms with Gasteiger partial charge in [0.2, 0.25) is 5.75 Å². The van der Waals surface area contributed by atoms with Crippen molar-refractivity contribution in [1.82, 2.24) is 0 Å². The molecule has 0 fully saturated rings. The molecule has 0 aliphatic rings. The molecule has 0 N–H and O–H groups in total. The van der Waals surface area contributed by atoms with Gasteiger partial charge in [-0.05, 0) is 23.7 Å². The first kappa shape index (κ1) is 11.2. The van der Waals surface area contributed by atoms with Crippen LogP contribution in [0, 0.1) is 0 Å². The fourth-order valence-corrected chi connectivity index (χ4v) is 1.52. The number of fused-ring (bicyclic) bond motifs is 1. The minimum Gasteiger partial charge on any atom is -0.493 e. The minimum absolute atomic E-state index is 0.261. The molecule has 88 valence electrons. The number of methoxy groups -OCH3 is 1. The van der Waals surface area contributed by atoms with Crippen LogP contribution >= 0.6 is 0 Å². The summed E-state index contributed by atoms with van der Waals surface area (Å²) in [7, 11) is 1.56. The zero-order chi connectivity index (χ0) is 12.1. The average Bonchev–Trinajstić information content (AvgIpc) is 2.82. The van der Waals surface area contributed by atoms with Crippen molar-refractivity contribution in [2.45, 2.75) is 0 Å². The number of nitrogens with zero attached hydrogens (tertiary/aromatic N) is 3. The summed E-state index contributed by atoms with van der Waals surface area (Å²) in [6.07, 6.45) is 1.59. The van der Waals surface area contributed by atoms with E-state index in [1.54, 1.807) is 19.4 Å². The second kappa shape index (κ2) is 5.14. The number of hydrogen-bond donors (Lipinski definition) is 0. The van der Waals surface area contributed by atoms with Crippen LogP contribution in [-0.4, -0.2) is 20.3 Å². The highest BCUT2D eigenvalue weighted by Gasteiger charge is 2.12. The van der Waals surface area contributed by atoms with E-state index in [2.05, 4.69) is 10.0 Å². The Labute approximate surface area is 97.4 Å². The van der Waals surface area contributed by atoms with E-state index in [1.165, 1.54) is 0 Å². The van der Waals surface area contributed by atoms with Gasteiger partial charge in [0.25, 0.3) is 0 Å². The zero-order valence-electron chi connectivity index (χ0n) is 9.29. The Morgan fingerprint density at radius 2 is 2.29 bits per heavy atom. The molecule has 0 amide bonds. The Hall–Kier alpha value is -2.33. The molecule has 0 spiro atoms. The minimum atomic E-state index is 0.261. The van der Waals surface area contributed by atoms with Crippen molar-refractivity contribution in [2.75, 3.05) is 20.3 Å². The predicted octanol–water partition coefficient (Wildman–Crippen LogP) is 3.13. The van der Waals surface area contributed by atoms with Gasteiger partial charge in [-0.3, -0.25) is 0 Å². The van der Waals surface area contributed by atoms with Crippen LogP contribution in [0.2, 0.25) is 0 Å². The molecule has 0 aliphatic carbocycles. The van der Waals surface area contributed by atoms with Crippen LogP contribution in [0.4, 0.5) is 0 Å². The molecule has 2 aromatic rings. The molecule has 2 rings (SSSR count). The Kier molecular flexibility index (Phi) is 3.37. The van der Waals surface area contributed by atoms with Gasteiger partial charge >= 0.3 is 0 Å². The summed E-state index contributed by atoms with van der Waals surface area (Å²) in [6, 6.07) is 5.54. The van der Waals surface area contributed by atoms with E-state index in [9.17, 15) is 0 Å². The van der Waals surface area contributed by atoms with Crippen LogP contribution in [0.25, 0.3) is 21.4 Å². The van der Waals surface area contributed by atoms with Crippen LogP contribution in [-0.2, 0) is 0 Å². The van der Waals surface area contributed by atoms with Gasteiger partial charge in [-0.15, -0.1) is 0 Å². The van der Waals surface area contributed by atoms with Crippen molar-refractivity contribution in [3.05, 3.63) is 34.9 Å². The summed E-state index contributed by atoms with van der Waals surface area (Å²) < 4.78 is 16.0. The van der Waals surface area contributed by atoms with Crippen molar-refractivity contribution in [3.63, 3.8) is 0 Å². The van der Waals surface area contributed by atoms with Crippen LogP contribution < -0.4 is 9.47 Å². The quantitative estimate of drug-likeness (QED) is 0.344. The lowest BCUT2D eigenvalue weighted by molar-refractivity contribution is 0.302. The van der Waals surface area contributed by atoms with E-state index >= 15 is 0 Å². The Morgan fingerprint density at radius 1 is 1.41 bits per heavy atom. The molecule has 1 heterocycles. The standard InChI is InChI=1S/C11H11N3O3/c1-15-9-3-2-8-4-6-16-10(8)11(9)17-7-5-13-14-12/h2-4,6H,5,7H2,1H3. The molecule has 0 unspecified atom stereocenters. The molecular formula is C11H11N3O3. The topological polar surface area (TPSA) is 80.4 Å². The molecule has 0 aliphatic heterocycles. The molecule has 0 saturated heterocycles. The lowest BCUT2D eigenvalue weighted by atomic mass is 10.2. The van der Waals surface area contributed by atoms with Gasteiger partial charge in [-0.2, -0.15) is 0 Å². The van der Waals surface area contributed by atoms with Crippen molar-refractivity contribution in [3.8, 4) is 11.5 Å². The number of ether oxygens (including phenoxy) is 2. The van der Waals surface area contributed by atoms with E-state index in [4.69, 9.17) is 19.4 Å². The highest BCUT2D eigenvalue weighted by Crippen LogP contribution is 2.35. The molecule has 0 radical (unpaired) electrons. The molecule has 0 atom stereocenters. The Morgan fingerprint density at radius 3 is 3.06 bits per heavy atom. The molecule has 17 heavy (non-hydrogen) atoms. The first-order valence-electron chi connectivity index (χ1n) is 5.04. The average molecular weight is 233 g/mol. The molecule has 1 aromatic carbocycles. The molecule has 6 heteroatoms. The fourth-order valence-electron chi connectivity index (χ4n) is 1.52. The molecule has 1 aromatic heterocycles. The first-order valence-corrected chi connectivity index (χ1v) is 5.04. The summed E-state index contributed by atoms with van der Waals surface area (Å²) in [6.45, 7) is 0.539. The van der Waals surface area contributed by atoms with Crippen molar-refractivity contribution in [1.29, 1.82) is 0 Å². The van der Waals surface area contributed by atoms with E-state index in [1.807, 2.05) is 12.1 Å². The van der Waals surface area contributed by atoms with Crippen LogP contribution in [0.15, 0.2) is 34.0 Å². The Balaban J connectivity index is 2.28. The summed E-state index contributed by atoms with van der Waals surface area (Å²) in [5.74, 6) is 1.12. The molecule has 0 bridgehead atoms. The zero-order valence-corrected chi connectivity index (χ0v) is 9.29. The summed E-state index contributed by atoms with van der Waals surface area (Å²) >= 11 is 0. The SMILES string of the molecule is COc1ccc2ccoc2c1OCCN=[N+]=[N-]. The van der Waals surface area contributed by atoms with Crippen molar-refractivity contribution >= 4 is 11.0 Å². The summed E-state index contributed by atoms with van der Waals surface area (Å²) in [4.78, 5) is 2.65. The Bertz CT molecular complexity index is 558. The number of rotatable bonds is 5. The maximum absolute atomic E-state index is 8.16. The van der Waals surface area contributed by atoms with Gasteiger partial charge in [0.15, 0.2) is 11.3 Å². The smallest absolute Gasteiger partial charge is 0.204 e. The van der Waals surface area contributed by atoms with E-state index in [-0.39, 0.29) is 13.2 Å². The van der Waals surface area contributed by atoms with Crippen molar-refractivity contribution < 1.29 is 13.9 Å². The predicted molar refractivity (Wildman–Crippen MR) is 62.3 cm³/mol. The van der Waals surface area contributed by atoms with Crippen molar-refractivity contribution in [2.24, 2.45) is 5.11 Å². The normalized spacial score (nSPS) is 9.94. The largest absolute Gasteiger partial charge is 0.493 e. The second-order valence-electron chi connectivity index (χ2n) is 3.24. The van der Waals surface area contributed by atoms with Gasteiger partial charge in [0.05, 0.1) is 26.5 Å². The fraction of sp³-hybridized carbons (Fsp3) is 0.273. The van der Waals surface area contributed by atoms with Crippen LogP contribution in [0.3, 0.4) is 0 Å².